The summed E-state index contributed by atoms with van der Waals surface area (Å²) in [7, 11) is 0. The van der Waals surface area contributed by atoms with Crippen LogP contribution in [0.4, 0.5) is 0 Å². The summed E-state index contributed by atoms with van der Waals surface area (Å²) in [4.78, 5) is 2.20. The number of hydrogen-bond donors (Lipinski definition) is 4. The van der Waals surface area contributed by atoms with Gasteiger partial charge in [0.25, 0.3) is 0 Å². The van der Waals surface area contributed by atoms with Gasteiger partial charge in [0.15, 0.2) is 0 Å². The highest BCUT2D eigenvalue weighted by Gasteiger charge is 2.23. The van der Waals surface area contributed by atoms with E-state index in [0.717, 1.165) is 76.3 Å². The van der Waals surface area contributed by atoms with Crippen LogP contribution in [-0.4, -0.2) is 94.4 Å². The highest BCUT2D eigenvalue weighted by atomic mass is 79.9. The predicted molar refractivity (Wildman–Crippen MR) is 233 cm³/mol. The van der Waals surface area contributed by atoms with Gasteiger partial charge in [-0.15, -0.1) is 0 Å². The molecule has 2 fully saturated rings. The Kier molecular flexibility index (Phi) is 31.3. The van der Waals surface area contributed by atoms with Crippen molar-refractivity contribution in [2.45, 2.75) is 38.9 Å². The zero-order valence-electron chi connectivity index (χ0n) is 26.6. The molecule has 4 N–H and O–H groups in total. The highest BCUT2D eigenvalue weighted by molar-refractivity contribution is 9.11. The van der Waals surface area contributed by atoms with Crippen molar-refractivity contribution in [3.05, 3.63) is 83.1 Å². The molecule has 50 heavy (non-hydrogen) atoms. The molecule has 2 aliphatic rings. The van der Waals surface area contributed by atoms with Crippen molar-refractivity contribution in [2.75, 3.05) is 61.9 Å². The van der Waals surface area contributed by atoms with Crippen molar-refractivity contribution in [3.63, 3.8) is 0 Å². The Morgan fingerprint density at radius 2 is 1.08 bits per heavy atom. The number of phenols is 1. The molecule has 0 aliphatic carbocycles. The minimum atomic E-state index is -0.129. The summed E-state index contributed by atoms with van der Waals surface area (Å²) in [5.41, 5.74) is 0. The second kappa shape index (κ2) is 30.9. The lowest BCUT2D eigenvalue weighted by Crippen LogP contribution is -2.50. The second-order valence-corrected chi connectivity index (χ2v) is 16.3. The number of nitrogens with zero attached hydrogens (tertiary/aromatic N) is 1. The van der Waals surface area contributed by atoms with Crippen LogP contribution in [0.3, 0.4) is 0 Å². The first-order chi connectivity index (χ1) is 23.4. The largest absolute Gasteiger partial charge is 0.506 e. The standard InChI is InChI=1S/C12H15BrClNO2.C9H9Br2ClO.C6H4BrClO.C3H6Br2.C3H7NO.CH4/c13-10-3-1-4-11(12(10)14)17-6-2-5-15-7-9(16)8-15;10-5-2-6-13-8-4-1-3-7(11)9(8)12;7-4-2-1-3-5(9)6(4)8;4-2-1-3-5;5-3-1-4-2-3;/h1,3-4,9,16H,2,5-8H2;1,3-4H,2,5-6H2;1-3,9H;1-3H2;3-5H,1-2H2;1H4. The van der Waals surface area contributed by atoms with Gasteiger partial charge in [-0.05, 0) is 103 Å². The Labute approximate surface area is 362 Å². The number of hydrogen-bond acceptors (Lipinski definition) is 7. The molecule has 0 unspecified atom stereocenters. The molecule has 0 spiro atoms. The number of phenolic OH excluding ortho intramolecular Hbond substituents is 1. The van der Waals surface area contributed by atoms with Crippen LogP contribution in [-0.2, 0) is 0 Å². The van der Waals surface area contributed by atoms with Gasteiger partial charge in [0.1, 0.15) is 17.2 Å². The maximum Gasteiger partial charge on any atom is 0.139 e. The van der Waals surface area contributed by atoms with Crippen molar-refractivity contribution < 1.29 is 24.8 Å². The van der Waals surface area contributed by atoms with Crippen molar-refractivity contribution in [3.8, 4) is 17.2 Å². The van der Waals surface area contributed by atoms with Crippen LogP contribution in [0.15, 0.2) is 68.0 Å². The van der Waals surface area contributed by atoms with E-state index in [1.54, 1.807) is 12.1 Å². The van der Waals surface area contributed by atoms with Crippen LogP contribution in [0, 0.1) is 0 Å². The van der Waals surface area contributed by atoms with Crippen LogP contribution in [0.25, 0.3) is 0 Å². The summed E-state index contributed by atoms with van der Waals surface area (Å²) in [6, 6.07) is 16.3. The molecule has 2 saturated heterocycles. The van der Waals surface area contributed by atoms with E-state index in [1.165, 1.54) is 12.5 Å². The summed E-state index contributed by atoms with van der Waals surface area (Å²) in [6.45, 7) is 5.45. The van der Waals surface area contributed by atoms with Crippen LogP contribution in [0.2, 0.25) is 15.1 Å². The molecule has 3 aromatic carbocycles. The molecule has 0 amide bonds. The summed E-state index contributed by atoms with van der Waals surface area (Å²) in [6.07, 6.45) is 2.96. The van der Waals surface area contributed by atoms with Crippen molar-refractivity contribution >= 4 is 130 Å². The van der Waals surface area contributed by atoms with Crippen LogP contribution in [0.1, 0.15) is 26.7 Å². The van der Waals surface area contributed by atoms with Crippen LogP contribution < -0.4 is 14.8 Å². The van der Waals surface area contributed by atoms with Gasteiger partial charge < -0.3 is 30.1 Å². The maximum absolute atomic E-state index is 9.12. The topological polar surface area (TPSA) is 94.4 Å². The number of rotatable bonds is 11. The number of halogens is 9. The van der Waals surface area contributed by atoms with Gasteiger partial charge in [-0.2, -0.15) is 0 Å². The number of ether oxygens (including phenoxy) is 2. The molecule has 3 aromatic rings. The van der Waals surface area contributed by atoms with E-state index in [1.807, 2.05) is 36.4 Å². The molecule has 2 aliphatic heterocycles. The van der Waals surface area contributed by atoms with Gasteiger partial charge in [0, 0.05) is 62.1 Å². The monoisotopic (exact) mass is 1140 g/mol. The minimum absolute atomic E-state index is 0. The Hall–Kier alpha value is 0.650. The molecule has 0 saturated carbocycles. The van der Waals surface area contributed by atoms with Gasteiger partial charge >= 0.3 is 0 Å². The van der Waals surface area contributed by atoms with Gasteiger partial charge in [0.05, 0.1) is 40.5 Å². The van der Waals surface area contributed by atoms with Gasteiger partial charge in [0.2, 0.25) is 0 Å². The van der Waals surface area contributed by atoms with E-state index in [0.29, 0.717) is 38.5 Å². The fourth-order valence-electron chi connectivity index (χ4n) is 3.44. The third-order valence-corrected chi connectivity index (χ3v) is 11.7. The fourth-order valence-corrected chi connectivity index (χ4v) is 6.52. The third kappa shape index (κ3) is 22.1. The first-order valence-electron chi connectivity index (χ1n) is 15.2. The molecule has 284 valence electrons. The summed E-state index contributed by atoms with van der Waals surface area (Å²) < 4.78 is 13.5. The third-order valence-electron chi connectivity index (χ3n) is 6.14. The molecule has 0 radical (unpaired) electrons. The Bertz CT molecular complexity index is 1310. The van der Waals surface area contributed by atoms with Crippen LogP contribution >= 0.6 is 130 Å². The molecular weight excluding hydrogens is 1100 g/mol. The Balaban J connectivity index is 0.000000645. The molecule has 0 atom stereocenters. The zero-order chi connectivity index (χ0) is 36.6. The first-order valence-corrected chi connectivity index (χ1v) is 22.1. The van der Waals surface area contributed by atoms with Crippen LogP contribution in [0.5, 0.6) is 17.2 Å². The van der Waals surface area contributed by atoms with E-state index >= 15 is 0 Å². The van der Waals surface area contributed by atoms with Crippen molar-refractivity contribution in [1.29, 1.82) is 0 Å². The van der Waals surface area contributed by atoms with Gasteiger partial charge in [-0.25, -0.2) is 0 Å². The zero-order valence-corrected chi connectivity index (χ0v) is 38.3. The number of likely N-dealkylation sites (tertiary alicyclic amines) is 1. The molecule has 0 aromatic heterocycles. The SMILES string of the molecule is BrCCCBr.C.Clc1c(Br)cccc1OCCCBr.OC1CN(CCCOc2cccc(Br)c2Cl)C1.OC1CNC1.Oc1cccc(Br)c1Cl. The summed E-state index contributed by atoms with van der Waals surface area (Å²) >= 11 is 37.4. The molecule has 7 nitrogen and oxygen atoms in total. The number of nitrogens with one attached hydrogen (secondary N) is 1. The molecule has 2 heterocycles. The number of aliphatic hydroxyl groups is 2. The number of alkyl halides is 3. The number of aliphatic hydroxyl groups excluding tert-OH is 2. The van der Waals surface area contributed by atoms with Gasteiger partial charge in [-0.3, -0.25) is 4.90 Å². The first kappa shape index (κ1) is 50.6. The van der Waals surface area contributed by atoms with E-state index in [-0.39, 0.29) is 25.4 Å². The fraction of sp³-hybridized carbons (Fsp3) is 0.471. The van der Waals surface area contributed by atoms with Crippen molar-refractivity contribution in [2.24, 2.45) is 0 Å². The molecule has 0 bridgehead atoms. The molecule has 5 rings (SSSR count). The average molecular weight is 1150 g/mol. The smallest absolute Gasteiger partial charge is 0.139 e. The van der Waals surface area contributed by atoms with E-state index < -0.39 is 0 Å². The lowest BCUT2D eigenvalue weighted by molar-refractivity contribution is 0.0000484. The number of aromatic hydroxyl groups is 1. The normalized spacial score (nSPS) is 13.5. The van der Waals surface area contributed by atoms with E-state index in [9.17, 15) is 0 Å². The molecule has 16 heteroatoms. The second-order valence-electron chi connectivity index (χ2n) is 10.2. The highest BCUT2D eigenvalue weighted by Crippen LogP contribution is 2.33. The van der Waals surface area contributed by atoms with E-state index in [4.69, 9.17) is 59.6 Å². The lowest BCUT2D eigenvalue weighted by Gasteiger charge is -2.35. The van der Waals surface area contributed by atoms with Gasteiger partial charge in [-0.1, -0.05) is 108 Å². The maximum atomic E-state index is 9.12. The minimum Gasteiger partial charge on any atom is -0.506 e. The molecular formula is C34H45Br6Cl3N2O5. The van der Waals surface area contributed by atoms with E-state index in [2.05, 4.69) is 106 Å². The summed E-state index contributed by atoms with van der Waals surface area (Å²) in [5.74, 6) is 1.55. The van der Waals surface area contributed by atoms with Crippen molar-refractivity contribution in [1.82, 2.24) is 10.2 Å². The summed E-state index contributed by atoms with van der Waals surface area (Å²) in [5, 5.41) is 34.1. The number of β-amino-alcohol motifs (C(OH)–C–C–N with tert-alkyl or cyclic N) is 2. The average Bonchev–Trinajstić information content (AvgIpc) is 3.05. The quantitative estimate of drug-likeness (QED) is 0.112. The Morgan fingerprint density at radius 3 is 1.42 bits per heavy atom. The lowest BCUT2D eigenvalue weighted by atomic mass is 10.1. The number of benzene rings is 3. The Morgan fingerprint density at radius 1 is 0.660 bits per heavy atom. The predicted octanol–water partition coefficient (Wildman–Crippen LogP) is 11.4.